The molecule has 0 bridgehead atoms. The van der Waals surface area contributed by atoms with Crippen LogP contribution in [0.3, 0.4) is 0 Å². The van der Waals surface area contributed by atoms with Crippen molar-refractivity contribution in [3.05, 3.63) is 140 Å². The van der Waals surface area contributed by atoms with Gasteiger partial charge in [-0.1, -0.05) is 65.7 Å². The summed E-state index contributed by atoms with van der Waals surface area (Å²) in [6.45, 7) is 13.2. The molecule has 1 aliphatic rings. The van der Waals surface area contributed by atoms with E-state index in [4.69, 9.17) is 50.7 Å². The Balaban J connectivity index is 0.708. The number of fused-ring (bicyclic) bond motifs is 3. The van der Waals surface area contributed by atoms with Crippen LogP contribution in [-0.2, 0) is 44.6 Å². The van der Waals surface area contributed by atoms with Crippen LogP contribution in [0.2, 0.25) is 5.02 Å². The summed E-state index contributed by atoms with van der Waals surface area (Å²) in [5, 5.41) is 20.6. The number of benzene rings is 3. The van der Waals surface area contributed by atoms with Crippen molar-refractivity contribution >= 4 is 46.4 Å². The monoisotopic (exact) mass is 1060 g/mol. The number of hydrogen-bond donors (Lipinski definition) is 3. The smallest absolute Gasteiger partial charge is 0.255 e. The summed E-state index contributed by atoms with van der Waals surface area (Å²) in [5.41, 5.74) is 11.7. The summed E-state index contributed by atoms with van der Waals surface area (Å²) in [6, 6.07) is 19.8. The molecule has 4 N–H and O–H groups in total. The van der Waals surface area contributed by atoms with Gasteiger partial charge in [0.15, 0.2) is 5.82 Å². The third-order valence-corrected chi connectivity index (χ3v) is 13.4. The second-order valence-corrected chi connectivity index (χ2v) is 19.0. The van der Waals surface area contributed by atoms with Gasteiger partial charge in [-0.25, -0.2) is 4.39 Å². The Kier molecular flexibility index (Phi) is 20.9. The zero-order valence-electron chi connectivity index (χ0n) is 42.1. The third kappa shape index (κ3) is 15.4. The molecule has 3 aromatic heterocycles. The van der Waals surface area contributed by atoms with E-state index in [9.17, 15) is 18.8 Å². The molecular formula is C53H63ClFN9O9S. The van der Waals surface area contributed by atoms with Crippen LogP contribution in [0.4, 0.5) is 4.39 Å². The van der Waals surface area contributed by atoms with Gasteiger partial charge >= 0.3 is 0 Å². The molecule has 6 aromatic rings. The van der Waals surface area contributed by atoms with E-state index < -0.39 is 29.7 Å². The predicted molar refractivity (Wildman–Crippen MR) is 279 cm³/mol. The fourth-order valence-corrected chi connectivity index (χ4v) is 9.49. The van der Waals surface area contributed by atoms with Crippen molar-refractivity contribution in [3.63, 3.8) is 0 Å². The van der Waals surface area contributed by atoms with Gasteiger partial charge < -0.3 is 44.8 Å². The SMILES string of the molecule is Cc1ccc(C2=N[C@@H](CC(=O)NCCOCCOCCOCCOCCOCCOCCn3cc(C(=O)N[C@@H](CC(N)=O)c4cccc(Cl)c4)c(-c4ccccc4F)n3)c3nnc(C)n3-c3sc(C)c(C)c32)cc1. The number of ether oxygens (including phenoxy) is 6. The van der Waals surface area contributed by atoms with E-state index in [0.29, 0.717) is 95.6 Å². The lowest BCUT2D eigenvalue weighted by Crippen LogP contribution is -2.32. The standard InChI is InChI=1S/C53H63ClFN9O9S/c1-34-12-14-38(15-13-34)49-48-35(2)36(3)74-53(48)64-37(4)60-61-51(64)45(58-49)32-47(66)57-16-18-68-20-22-70-24-26-72-28-29-73-27-25-71-23-21-69-19-17-63-33-42(50(62-63)41-10-5-6-11-43(41)55)52(67)59-44(31-46(56)65)39-8-7-9-40(54)30-39/h5-15,30,33,44-45H,16-29,31-32H2,1-4H3,(H2,56,65)(H,57,66)(H,59,67)/t44-,45-/m0/s1. The van der Waals surface area contributed by atoms with Crippen LogP contribution in [0.15, 0.2) is 84.0 Å². The van der Waals surface area contributed by atoms with Crippen LogP contribution in [0, 0.1) is 33.5 Å². The maximum Gasteiger partial charge on any atom is 0.255 e. The summed E-state index contributed by atoms with van der Waals surface area (Å²) in [6.07, 6.45) is 1.46. The van der Waals surface area contributed by atoms with Crippen molar-refractivity contribution in [2.75, 3.05) is 85.8 Å². The number of halogens is 2. The predicted octanol–water partition coefficient (Wildman–Crippen LogP) is 6.76. The number of nitrogens with one attached hydrogen (secondary N) is 2. The van der Waals surface area contributed by atoms with E-state index >= 15 is 0 Å². The summed E-state index contributed by atoms with van der Waals surface area (Å²) in [7, 11) is 0. The van der Waals surface area contributed by atoms with Crippen LogP contribution in [0.1, 0.15) is 79.6 Å². The van der Waals surface area contributed by atoms with E-state index in [2.05, 4.69) is 71.0 Å². The number of nitrogens with zero attached hydrogens (tertiary/aromatic N) is 6. The Morgan fingerprint density at radius 2 is 1.43 bits per heavy atom. The van der Waals surface area contributed by atoms with Crippen LogP contribution >= 0.6 is 22.9 Å². The number of primary amides is 1. The van der Waals surface area contributed by atoms with E-state index in [0.717, 1.165) is 38.8 Å². The highest BCUT2D eigenvalue weighted by Gasteiger charge is 2.32. The van der Waals surface area contributed by atoms with E-state index in [1.807, 2.05) is 11.5 Å². The van der Waals surface area contributed by atoms with Gasteiger partial charge in [0.25, 0.3) is 5.91 Å². The molecule has 74 heavy (non-hydrogen) atoms. The number of hydrogen-bond acceptors (Lipinski definition) is 14. The van der Waals surface area contributed by atoms with Crippen molar-refractivity contribution in [2.45, 2.75) is 59.2 Å². The fourth-order valence-electron chi connectivity index (χ4n) is 8.07. The molecule has 2 atom stereocenters. The van der Waals surface area contributed by atoms with E-state index in [-0.39, 0.29) is 48.7 Å². The Labute approximate surface area is 438 Å². The minimum atomic E-state index is -0.772. The van der Waals surface area contributed by atoms with E-state index in [1.54, 1.807) is 47.7 Å². The normalized spacial score (nSPS) is 13.5. The largest absolute Gasteiger partial charge is 0.377 e. The molecule has 1 aliphatic heterocycles. The topological polar surface area (TPSA) is 218 Å². The molecule has 0 spiro atoms. The van der Waals surface area contributed by atoms with Crippen LogP contribution in [0.5, 0.6) is 0 Å². The lowest BCUT2D eigenvalue weighted by Gasteiger charge is -2.18. The molecule has 21 heteroatoms. The van der Waals surface area contributed by atoms with Gasteiger partial charge in [-0.15, -0.1) is 21.5 Å². The molecule has 7 rings (SSSR count). The van der Waals surface area contributed by atoms with Crippen LogP contribution in [0.25, 0.3) is 16.3 Å². The number of rotatable bonds is 30. The molecule has 394 valence electrons. The number of amides is 3. The molecule has 0 radical (unpaired) electrons. The second kappa shape index (κ2) is 27.9. The average Bonchev–Trinajstić information content (AvgIpc) is 4.04. The number of aliphatic imine (C=N–C) groups is 1. The Bertz CT molecular complexity index is 2850. The van der Waals surface area contributed by atoms with Gasteiger partial charge in [0, 0.05) is 39.3 Å². The molecule has 18 nitrogen and oxygen atoms in total. The molecule has 0 fully saturated rings. The molecule has 0 aliphatic carbocycles. The molecule has 3 amide bonds. The minimum absolute atomic E-state index is 0.114. The summed E-state index contributed by atoms with van der Waals surface area (Å²) in [5.74, 6) is -0.482. The second-order valence-electron chi connectivity index (χ2n) is 17.4. The summed E-state index contributed by atoms with van der Waals surface area (Å²) >= 11 is 7.86. The maximum absolute atomic E-state index is 14.9. The average molecular weight is 1060 g/mol. The quantitative estimate of drug-likeness (QED) is 0.0399. The molecule has 0 unspecified atom stereocenters. The van der Waals surface area contributed by atoms with E-state index in [1.165, 1.54) is 27.9 Å². The van der Waals surface area contributed by atoms with Gasteiger partial charge in [-0.3, -0.25) is 28.6 Å². The number of thiophene rings is 1. The summed E-state index contributed by atoms with van der Waals surface area (Å²) < 4.78 is 52.3. The lowest BCUT2D eigenvalue weighted by atomic mass is 9.99. The zero-order chi connectivity index (χ0) is 52.4. The number of aromatic nitrogens is 5. The van der Waals surface area contributed by atoms with Crippen molar-refractivity contribution < 1.29 is 47.2 Å². The summed E-state index contributed by atoms with van der Waals surface area (Å²) in [4.78, 5) is 45.2. The number of carbonyl (C=O) groups is 3. The number of nitrogens with two attached hydrogens (primary N) is 1. The fraction of sp³-hybridized carbons (Fsp3) is 0.415. The van der Waals surface area contributed by atoms with Crippen LogP contribution < -0.4 is 16.4 Å². The number of aryl methyl sites for hydroxylation is 3. The van der Waals surface area contributed by atoms with Gasteiger partial charge in [0.2, 0.25) is 11.8 Å². The first-order valence-electron chi connectivity index (χ1n) is 24.5. The Morgan fingerprint density at radius 3 is 2.07 bits per heavy atom. The Morgan fingerprint density at radius 1 is 0.797 bits per heavy atom. The highest BCUT2D eigenvalue weighted by Crippen LogP contribution is 2.39. The third-order valence-electron chi connectivity index (χ3n) is 11.9. The molecule has 0 saturated heterocycles. The maximum atomic E-state index is 14.9. The van der Waals surface area contributed by atoms with Crippen LogP contribution in [-0.4, -0.2) is 134 Å². The first kappa shape index (κ1) is 55.5. The lowest BCUT2D eigenvalue weighted by molar-refractivity contribution is -0.122. The highest BCUT2D eigenvalue weighted by molar-refractivity contribution is 7.15. The van der Waals surface area contributed by atoms with Gasteiger partial charge in [0.1, 0.15) is 28.4 Å². The molecule has 4 heterocycles. The zero-order valence-corrected chi connectivity index (χ0v) is 43.6. The van der Waals surface area contributed by atoms with Crippen molar-refractivity contribution in [1.82, 2.24) is 35.2 Å². The van der Waals surface area contributed by atoms with Crippen molar-refractivity contribution in [2.24, 2.45) is 10.7 Å². The first-order valence-corrected chi connectivity index (χ1v) is 25.6. The first-order chi connectivity index (χ1) is 35.9. The highest BCUT2D eigenvalue weighted by atomic mass is 35.5. The van der Waals surface area contributed by atoms with Gasteiger partial charge in [-0.05, 0) is 63.1 Å². The molecule has 0 saturated carbocycles. The van der Waals surface area contributed by atoms with Gasteiger partial charge in [0.05, 0.1) is 116 Å². The molecule has 3 aromatic carbocycles. The van der Waals surface area contributed by atoms with Gasteiger partial charge in [-0.2, -0.15) is 5.10 Å². The van der Waals surface area contributed by atoms with Crippen molar-refractivity contribution in [3.8, 4) is 16.3 Å². The Hall–Kier alpha value is -6.23. The number of carbonyl (C=O) groups excluding carboxylic acids is 3. The van der Waals surface area contributed by atoms with Crippen molar-refractivity contribution in [1.29, 1.82) is 0 Å². The molecular weight excluding hydrogens is 993 g/mol. The minimum Gasteiger partial charge on any atom is -0.377 e.